The smallest absolute Gasteiger partial charge is 0.244 e. The normalized spacial score (nSPS) is 17.3. The molecule has 0 fully saturated rings. The van der Waals surface area contributed by atoms with Crippen molar-refractivity contribution in [3.05, 3.63) is 53.6 Å². The van der Waals surface area contributed by atoms with E-state index in [4.69, 9.17) is 0 Å². The monoisotopic (exact) mass is 288 g/mol. The van der Waals surface area contributed by atoms with Gasteiger partial charge in [-0.3, -0.25) is 4.79 Å². The first kappa shape index (κ1) is 13.8. The summed E-state index contributed by atoms with van der Waals surface area (Å²) in [4.78, 5) is 12.0. The molecule has 0 spiro atoms. The lowest BCUT2D eigenvalue weighted by molar-refractivity contribution is -0.116. The Morgan fingerprint density at radius 1 is 1.38 bits per heavy atom. The number of hydrogen-bond donors (Lipinski definition) is 2. The summed E-state index contributed by atoms with van der Waals surface area (Å²) in [6, 6.07) is 6.08. The van der Waals surface area contributed by atoms with Gasteiger partial charge in [-0.1, -0.05) is 12.1 Å². The van der Waals surface area contributed by atoms with Crippen LogP contribution in [0.4, 0.5) is 10.1 Å². The maximum Gasteiger partial charge on any atom is 0.244 e. The van der Waals surface area contributed by atoms with Gasteiger partial charge in [-0.25, -0.2) is 4.39 Å². The third kappa shape index (κ3) is 2.97. The minimum absolute atomic E-state index is 0.105. The van der Waals surface area contributed by atoms with E-state index in [0.717, 1.165) is 30.4 Å². The first-order chi connectivity index (χ1) is 10.1. The Bertz CT molecular complexity index is 666. The van der Waals surface area contributed by atoms with Crippen LogP contribution in [0.2, 0.25) is 0 Å². The highest BCUT2D eigenvalue weighted by Crippen LogP contribution is 2.30. The van der Waals surface area contributed by atoms with Crippen LogP contribution in [0.3, 0.4) is 0 Å². The van der Waals surface area contributed by atoms with E-state index in [0.29, 0.717) is 0 Å². The van der Waals surface area contributed by atoms with E-state index < -0.39 is 11.9 Å². The van der Waals surface area contributed by atoms with E-state index in [-0.39, 0.29) is 18.1 Å². The molecule has 0 saturated carbocycles. The molecule has 0 saturated heterocycles. The fraction of sp³-hybridized carbons (Fsp3) is 0.312. The summed E-state index contributed by atoms with van der Waals surface area (Å²) in [5.41, 5.74) is 2.17. The van der Waals surface area contributed by atoms with Crippen LogP contribution in [0, 0.1) is 5.82 Å². The van der Waals surface area contributed by atoms with Crippen LogP contribution in [0.1, 0.15) is 30.1 Å². The Hall–Kier alpha value is -2.14. The number of benzene rings is 1. The Balaban J connectivity index is 1.69. The standard InChI is InChI=1S/C16H17FN2O2/c17-13-5-1-2-6-14(13)18-16(21)10-19-8-11-4-3-7-15(20)12(11)9-19/h1-2,5-6,8-9,15,20H,3-4,7,10H2,(H,18,21). The van der Waals surface area contributed by atoms with Crippen molar-refractivity contribution >= 4 is 11.6 Å². The number of aliphatic hydroxyl groups excluding tert-OH is 1. The van der Waals surface area contributed by atoms with Gasteiger partial charge in [0.05, 0.1) is 11.8 Å². The SMILES string of the molecule is O=C(Cn1cc2c(c1)C(O)CCC2)Nc1ccccc1F. The highest BCUT2D eigenvalue weighted by molar-refractivity contribution is 5.90. The quantitative estimate of drug-likeness (QED) is 0.912. The van der Waals surface area contributed by atoms with Crippen LogP contribution >= 0.6 is 0 Å². The zero-order valence-electron chi connectivity index (χ0n) is 11.6. The number of nitrogens with one attached hydrogen (secondary N) is 1. The van der Waals surface area contributed by atoms with Crippen molar-refractivity contribution in [2.75, 3.05) is 5.32 Å². The number of carbonyl (C=O) groups is 1. The van der Waals surface area contributed by atoms with E-state index in [1.165, 1.54) is 12.1 Å². The Morgan fingerprint density at radius 2 is 2.19 bits per heavy atom. The number of rotatable bonds is 3. The molecule has 1 aliphatic rings. The summed E-state index contributed by atoms with van der Waals surface area (Å²) in [5.74, 6) is -0.741. The molecule has 1 unspecified atom stereocenters. The molecule has 0 aliphatic heterocycles. The number of nitrogens with zero attached hydrogens (tertiary/aromatic N) is 1. The summed E-state index contributed by atoms with van der Waals surface area (Å²) in [6.07, 6.45) is 5.90. The number of carbonyl (C=O) groups excluding carboxylic acids is 1. The average molecular weight is 288 g/mol. The molecule has 110 valence electrons. The molecule has 5 heteroatoms. The fourth-order valence-electron chi connectivity index (χ4n) is 2.73. The molecular weight excluding hydrogens is 271 g/mol. The molecule has 2 N–H and O–H groups in total. The lowest BCUT2D eigenvalue weighted by atomic mass is 9.93. The van der Waals surface area contributed by atoms with Crippen molar-refractivity contribution in [2.24, 2.45) is 0 Å². The van der Waals surface area contributed by atoms with Crippen molar-refractivity contribution in [3.8, 4) is 0 Å². The van der Waals surface area contributed by atoms with Gasteiger partial charge in [0.2, 0.25) is 5.91 Å². The van der Waals surface area contributed by atoms with E-state index >= 15 is 0 Å². The number of hydrogen-bond acceptors (Lipinski definition) is 2. The van der Waals surface area contributed by atoms with Crippen molar-refractivity contribution < 1.29 is 14.3 Å². The number of para-hydroxylation sites is 1. The maximum atomic E-state index is 13.5. The fourth-order valence-corrected chi connectivity index (χ4v) is 2.73. The lowest BCUT2D eigenvalue weighted by Gasteiger charge is -2.16. The number of halogens is 1. The zero-order valence-corrected chi connectivity index (χ0v) is 11.6. The third-order valence-corrected chi connectivity index (χ3v) is 3.75. The van der Waals surface area contributed by atoms with E-state index in [1.807, 2.05) is 6.20 Å². The average Bonchev–Trinajstić information content (AvgIpc) is 2.85. The van der Waals surface area contributed by atoms with Crippen molar-refractivity contribution in [1.82, 2.24) is 4.57 Å². The van der Waals surface area contributed by atoms with Gasteiger partial charge in [-0.15, -0.1) is 0 Å². The summed E-state index contributed by atoms with van der Waals surface area (Å²) < 4.78 is 15.2. The number of aryl methyl sites for hydroxylation is 1. The summed E-state index contributed by atoms with van der Waals surface area (Å²) in [6.45, 7) is 0.105. The summed E-state index contributed by atoms with van der Waals surface area (Å²) in [5, 5.41) is 12.5. The molecule has 21 heavy (non-hydrogen) atoms. The molecule has 1 aliphatic carbocycles. The number of fused-ring (bicyclic) bond motifs is 1. The van der Waals surface area contributed by atoms with Gasteiger partial charge in [-0.2, -0.15) is 0 Å². The second kappa shape index (κ2) is 5.69. The topological polar surface area (TPSA) is 54.3 Å². The molecule has 1 aromatic carbocycles. The van der Waals surface area contributed by atoms with Crippen LogP contribution in [-0.2, 0) is 17.8 Å². The molecular formula is C16H17FN2O2. The Morgan fingerprint density at radius 3 is 2.95 bits per heavy atom. The molecule has 4 nitrogen and oxygen atoms in total. The lowest BCUT2D eigenvalue weighted by Crippen LogP contribution is -2.18. The van der Waals surface area contributed by atoms with E-state index in [9.17, 15) is 14.3 Å². The van der Waals surface area contributed by atoms with Crippen LogP contribution < -0.4 is 5.32 Å². The van der Waals surface area contributed by atoms with Crippen LogP contribution in [-0.4, -0.2) is 15.6 Å². The molecule has 3 rings (SSSR count). The van der Waals surface area contributed by atoms with Crippen molar-refractivity contribution in [1.29, 1.82) is 0 Å². The second-order valence-electron chi connectivity index (χ2n) is 5.35. The molecule has 2 aromatic rings. The number of aliphatic hydroxyl groups is 1. The van der Waals surface area contributed by atoms with E-state index in [2.05, 4.69) is 5.32 Å². The summed E-state index contributed by atoms with van der Waals surface area (Å²) in [7, 11) is 0. The largest absolute Gasteiger partial charge is 0.388 e. The molecule has 1 atom stereocenters. The maximum absolute atomic E-state index is 13.5. The van der Waals surface area contributed by atoms with Gasteiger partial charge in [0.25, 0.3) is 0 Å². The Kier molecular flexibility index (Phi) is 3.75. The van der Waals surface area contributed by atoms with E-state index in [1.54, 1.807) is 22.9 Å². The Labute approximate surface area is 122 Å². The second-order valence-corrected chi connectivity index (χ2v) is 5.35. The van der Waals surface area contributed by atoms with Crippen LogP contribution in [0.25, 0.3) is 0 Å². The first-order valence-corrected chi connectivity index (χ1v) is 7.04. The highest BCUT2D eigenvalue weighted by atomic mass is 19.1. The number of aromatic nitrogens is 1. The summed E-state index contributed by atoms with van der Waals surface area (Å²) >= 11 is 0. The molecule has 0 radical (unpaired) electrons. The van der Waals surface area contributed by atoms with Gasteiger partial charge in [0.15, 0.2) is 0 Å². The minimum Gasteiger partial charge on any atom is -0.388 e. The highest BCUT2D eigenvalue weighted by Gasteiger charge is 2.20. The van der Waals surface area contributed by atoms with Crippen LogP contribution in [0.5, 0.6) is 0 Å². The molecule has 1 aromatic heterocycles. The predicted molar refractivity (Wildman–Crippen MR) is 77.4 cm³/mol. The minimum atomic E-state index is -0.451. The van der Waals surface area contributed by atoms with Crippen molar-refractivity contribution in [3.63, 3.8) is 0 Å². The molecule has 1 heterocycles. The number of amides is 1. The van der Waals surface area contributed by atoms with Gasteiger partial charge in [0, 0.05) is 18.0 Å². The molecule has 1 amide bonds. The number of anilines is 1. The third-order valence-electron chi connectivity index (χ3n) is 3.75. The molecule has 0 bridgehead atoms. The van der Waals surface area contributed by atoms with Gasteiger partial charge in [0.1, 0.15) is 12.4 Å². The van der Waals surface area contributed by atoms with Crippen molar-refractivity contribution in [2.45, 2.75) is 31.9 Å². The van der Waals surface area contributed by atoms with Gasteiger partial charge >= 0.3 is 0 Å². The van der Waals surface area contributed by atoms with Gasteiger partial charge < -0.3 is 15.0 Å². The first-order valence-electron chi connectivity index (χ1n) is 7.04. The van der Waals surface area contributed by atoms with Gasteiger partial charge in [-0.05, 0) is 37.0 Å². The predicted octanol–water partition coefficient (Wildman–Crippen LogP) is 2.64. The zero-order chi connectivity index (χ0) is 14.8. The van der Waals surface area contributed by atoms with Crippen LogP contribution in [0.15, 0.2) is 36.7 Å².